The lowest BCUT2D eigenvalue weighted by molar-refractivity contribution is -0.136. The highest BCUT2D eigenvalue weighted by Crippen LogP contribution is 2.15. The second kappa shape index (κ2) is 14.6. The van der Waals surface area contributed by atoms with Crippen LogP contribution >= 0.6 is 0 Å². The van der Waals surface area contributed by atoms with Crippen LogP contribution in [0.5, 0.6) is 5.75 Å². The molecule has 222 valence electrons. The topological polar surface area (TPSA) is 172 Å². The van der Waals surface area contributed by atoms with Crippen molar-refractivity contribution < 1.29 is 29.0 Å². The van der Waals surface area contributed by atoms with Gasteiger partial charge in [-0.2, -0.15) is 0 Å². The van der Waals surface area contributed by atoms with Crippen molar-refractivity contribution in [2.24, 2.45) is 11.7 Å². The van der Waals surface area contributed by atoms with Crippen LogP contribution in [-0.2, 0) is 32.0 Å². The number of hydrogen-bond donors (Lipinski definition) is 6. The number of aliphatic hydroxyl groups excluding tert-OH is 1. The Bertz CT molecular complexity index is 1190. The van der Waals surface area contributed by atoms with Gasteiger partial charge in [-0.25, -0.2) is 0 Å². The van der Waals surface area contributed by atoms with Crippen molar-refractivity contribution in [2.45, 2.75) is 76.8 Å². The SMILES string of the molecule is CC(C)[C@H]1NC(=O)[C@H]([C@@H](C)O)NC(=O)[C@@H](C)NC(=O)[C@@H](N)Cc2ccc(cc2)OC[C@H](Cc2ccccc2)NC1=O. The van der Waals surface area contributed by atoms with Crippen molar-refractivity contribution in [1.82, 2.24) is 21.3 Å². The summed E-state index contributed by atoms with van der Waals surface area (Å²) in [5, 5.41) is 21.0. The van der Waals surface area contributed by atoms with Gasteiger partial charge < -0.3 is 36.8 Å². The molecular formula is C30H41N5O6. The minimum Gasteiger partial charge on any atom is -0.491 e. The maximum absolute atomic E-state index is 13.5. The van der Waals surface area contributed by atoms with Gasteiger partial charge in [0.25, 0.3) is 0 Å². The summed E-state index contributed by atoms with van der Waals surface area (Å²) >= 11 is 0. The summed E-state index contributed by atoms with van der Waals surface area (Å²) in [6.07, 6.45) is -0.570. The summed E-state index contributed by atoms with van der Waals surface area (Å²) in [5.41, 5.74) is 7.88. The second-order valence-electron chi connectivity index (χ2n) is 10.8. The van der Waals surface area contributed by atoms with Crippen LogP contribution in [0.25, 0.3) is 0 Å². The zero-order chi connectivity index (χ0) is 30.1. The van der Waals surface area contributed by atoms with Crippen molar-refractivity contribution in [3.63, 3.8) is 0 Å². The molecule has 41 heavy (non-hydrogen) atoms. The Balaban J connectivity index is 1.92. The molecule has 0 aromatic heterocycles. The molecule has 0 spiro atoms. The summed E-state index contributed by atoms with van der Waals surface area (Å²) in [5.74, 6) is -2.12. The number of aliphatic hydroxyl groups is 1. The first-order valence-corrected chi connectivity index (χ1v) is 13.9. The van der Waals surface area contributed by atoms with Crippen molar-refractivity contribution in [1.29, 1.82) is 0 Å². The number of nitrogens with two attached hydrogens (primary N) is 1. The fourth-order valence-corrected chi connectivity index (χ4v) is 4.45. The Morgan fingerprint density at radius 1 is 0.829 bits per heavy atom. The van der Waals surface area contributed by atoms with E-state index in [4.69, 9.17) is 10.5 Å². The number of nitrogens with one attached hydrogen (secondary N) is 4. The van der Waals surface area contributed by atoms with E-state index < -0.39 is 59.9 Å². The van der Waals surface area contributed by atoms with E-state index >= 15 is 0 Å². The van der Waals surface area contributed by atoms with Gasteiger partial charge in [0.05, 0.1) is 18.2 Å². The zero-order valence-corrected chi connectivity index (χ0v) is 23.9. The van der Waals surface area contributed by atoms with Crippen LogP contribution in [0.1, 0.15) is 38.8 Å². The molecule has 4 amide bonds. The maximum Gasteiger partial charge on any atom is 0.245 e. The molecule has 0 saturated heterocycles. The van der Waals surface area contributed by atoms with E-state index in [0.717, 1.165) is 11.1 Å². The van der Waals surface area contributed by atoms with Gasteiger partial charge >= 0.3 is 0 Å². The number of fused-ring (bicyclic) bond motifs is 17. The van der Waals surface area contributed by atoms with Gasteiger partial charge in [0.15, 0.2) is 0 Å². The normalized spacial score (nSPS) is 25.8. The zero-order valence-electron chi connectivity index (χ0n) is 23.9. The average molecular weight is 568 g/mol. The average Bonchev–Trinajstić information content (AvgIpc) is 2.93. The number of hydrogen-bond acceptors (Lipinski definition) is 7. The summed E-state index contributed by atoms with van der Waals surface area (Å²) < 4.78 is 6.02. The first-order chi connectivity index (χ1) is 19.4. The molecule has 0 aliphatic carbocycles. The van der Waals surface area contributed by atoms with Gasteiger partial charge in [-0.3, -0.25) is 19.2 Å². The van der Waals surface area contributed by atoms with Crippen LogP contribution < -0.4 is 31.7 Å². The minimum absolute atomic E-state index is 0.158. The Kier molecular flexibility index (Phi) is 11.2. The monoisotopic (exact) mass is 567 g/mol. The lowest BCUT2D eigenvalue weighted by Crippen LogP contribution is -2.61. The van der Waals surface area contributed by atoms with Crippen molar-refractivity contribution in [3.8, 4) is 5.75 Å². The van der Waals surface area contributed by atoms with Gasteiger partial charge in [-0.05, 0) is 55.9 Å². The predicted molar refractivity (Wildman–Crippen MR) is 154 cm³/mol. The van der Waals surface area contributed by atoms with Gasteiger partial charge in [-0.1, -0.05) is 56.3 Å². The molecule has 2 aromatic rings. The molecule has 2 aliphatic heterocycles. The lowest BCUT2D eigenvalue weighted by atomic mass is 10.0. The number of rotatable bonds is 4. The highest BCUT2D eigenvalue weighted by Gasteiger charge is 2.33. The van der Waals surface area contributed by atoms with Crippen LogP contribution in [-0.4, -0.2) is 71.7 Å². The number of carbonyl (C=O) groups is 4. The van der Waals surface area contributed by atoms with Gasteiger partial charge in [-0.15, -0.1) is 0 Å². The number of benzene rings is 2. The van der Waals surface area contributed by atoms with E-state index in [1.54, 1.807) is 38.1 Å². The third kappa shape index (κ3) is 9.29. The Morgan fingerprint density at radius 3 is 2.05 bits per heavy atom. The number of ether oxygens (including phenoxy) is 1. The predicted octanol–water partition coefficient (Wildman–Crippen LogP) is 0.187. The molecule has 4 rings (SSSR count). The molecule has 0 radical (unpaired) electrons. The Labute approximate surface area is 240 Å². The first kappa shape index (κ1) is 31.6. The summed E-state index contributed by atoms with van der Waals surface area (Å²) in [4.78, 5) is 52.2. The van der Waals surface area contributed by atoms with Crippen molar-refractivity contribution in [3.05, 3.63) is 65.7 Å². The van der Waals surface area contributed by atoms with Gasteiger partial charge in [0.2, 0.25) is 23.6 Å². The van der Waals surface area contributed by atoms with Crippen LogP contribution in [0.15, 0.2) is 54.6 Å². The third-order valence-corrected chi connectivity index (χ3v) is 6.90. The molecular weight excluding hydrogens is 526 g/mol. The van der Waals surface area contributed by atoms with Crippen LogP contribution in [0.3, 0.4) is 0 Å². The summed E-state index contributed by atoms with van der Waals surface area (Å²) in [7, 11) is 0. The Morgan fingerprint density at radius 2 is 1.44 bits per heavy atom. The molecule has 7 N–H and O–H groups in total. The third-order valence-electron chi connectivity index (χ3n) is 6.90. The molecule has 0 fully saturated rings. The molecule has 2 bridgehead atoms. The van der Waals surface area contributed by atoms with Crippen LogP contribution in [0.4, 0.5) is 0 Å². The lowest BCUT2D eigenvalue weighted by Gasteiger charge is -2.29. The first-order valence-electron chi connectivity index (χ1n) is 13.9. The molecule has 11 heteroatoms. The summed E-state index contributed by atoms with van der Waals surface area (Å²) in [6.45, 7) is 6.52. The quantitative estimate of drug-likeness (QED) is 0.286. The van der Waals surface area contributed by atoms with E-state index in [-0.39, 0.29) is 18.9 Å². The fraction of sp³-hybridized carbons (Fsp3) is 0.467. The molecule has 6 atom stereocenters. The van der Waals surface area contributed by atoms with E-state index in [1.807, 2.05) is 30.3 Å². The van der Waals surface area contributed by atoms with E-state index in [9.17, 15) is 24.3 Å². The standard InChI is InChI=1S/C30H41N5O6/c1-17(2)25-29(39)33-22(14-20-8-6-5-7-9-20)16-41-23-12-10-21(11-13-23)15-24(31)28(38)32-18(3)27(37)35-26(19(4)36)30(40)34-25/h5-13,17-19,22,24-26,36H,14-16,31H2,1-4H3,(H,32,38)(H,33,39)(H,34,40)(H,35,37)/t18-,19-,22+,24+,25-,26+/m1/s1. The number of carbonyl (C=O) groups excluding carboxylic acids is 4. The largest absolute Gasteiger partial charge is 0.491 e. The molecule has 0 saturated carbocycles. The second-order valence-corrected chi connectivity index (χ2v) is 10.8. The van der Waals surface area contributed by atoms with Crippen LogP contribution in [0.2, 0.25) is 0 Å². The van der Waals surface area contributed by atoms with Crippen molar-refractivity contribution >= 4 is 23.6 Å². The van der Waals surface area contributed by atoms with E-state index in [0.29, 0.717) is 12.2 Å². The maximum atomic E-state index is 13.5. The fourth-order valence-electron chi connectivity index (χ4n) is 4.45. The highest BCUT2D eigenvalue weighted by molar-refractivity contribution is 5.95. The molecule has 2 aromatic carbocycles. The highest BCUT2D eigenvalue weighted by atomic mass is 16.5. The van der Waals surface area contributed by atoms with Crippen molar-refractivity contribution in [2.75, 3.05) is 6.61 Å². The van der Waals surface area contributed by atoms with Crippen LogP contribution in [0, 0.1) is 5.92 Å². The Hall–Kier alpha value is -3.96. The van der Waals surface area contributed by atoms with E-state index in [2.05, 4.69) is 21.3 Å². The smallest absolute Gasteiger partial charge is 0.245 e. The van der Waals surface area contributed by atoms with Gasteiger partial charge in [0.1, 0.15) is 30.5 Å². The molecule has 0 unspecified atom stereocenters. The van der Waals surface area contributed by atoms with E-state index in [1.165, 1.54) is 13.8 Å². The number of amides is 4. The van der Waals surface area contributed by atoms with Gasteiger partial charge in [0, 0.05) is 0 Å². The summed E-state index contributed by atoms with van der Waals surface area (Å²) in [6, 6.07) is 12.1. The minimum atomic E-state index is -1.36. The molecule has 2 heterocycles. The molecule has 11 nitrogen and oxygen atoms in total. The molecule has 2 aliphatic rings.